The summed E-state index contributed by atoms with van der Waals surface area (Å²) in [6.07, 6.45) is 1.40. The first-order chi connectivity index (χ1) is 9.16. The van der Waals surface area contributed by atoms with E-state index in [1.807, 2.05) is 0 Å². The SMILES string of the molecule is Cc1ccc(C(N)C2COC(C)C2)c2ccccc12. The average molecular weight is 255 g/mol. The molecule has 1 fully saturated rings. The number of hydrogen-bond donors (Lipinski definition) is 1. The first-order valence-corrected chi connectivity index (χ1v) is 7.02. The Kier molecular flexibility index (Phi) is 3.29. The third kappa shape index (κ3) is 2.26. The van der Waals surface area contributed by atoms with Crippen LogP contribution in [0, 0.1) is 12.8 Å². The molecule has 2 N–H and O–H groups in total. The van der Waals surface area contributed by atoms with Crippen LogP contribution in [0.15, 0.2) is 36.4 Å². The number of aryl methyl sites for hydroxylation is 1. The van der Waals surface area contributed by atoms with Gasteiger partial charge < -0.3 is 10.5 Å². The van der Waals surface area contributed by atoms with Crippen molar-refractivity contribution in [3.05, 3.63) is 47.5 Å². The van der Waals surface area contributed by atoms with Crippen molar-refractivity contribution in [2.24, 2.45) is 11.7 Å². The molecular weight excluding hydrogens is 234 g/mol. The molecule has 1 heterocycles. The molecule has 0 amide bonds. The van der Waals surface area contributed by atoms with Gasteiger partial charge in [-0.1, -0.05) is 36.4 Å². The van der Waals surface area contributed by atoms with Crippen molar-refractivity contribution in [2.75, 3.05) is 6.61 Å². The fourth-order valence-electron chi connectivity index (χ4n) is 3.12. The van der Waals surface area contributed by atoms with Gasteiger partial charge in [-0.15, -0.1) is 0 Å². The lowest BCUT2D eigenvalue weighted by atomic mass is 9.88. The van der Waals surface area contributed by atoms with Crippen molar-refractivity contribution in [3.63, 3.8) is 0 Å². The number of ether oxygens (including phenoxy) is 1. The minimum absolute atomic E-state index is 0.0652. The lowest BCUT2D eigenvalue weighted by Gasteiger charge is -2.20. The summed E-state index contributed by atoms with van der Waals surface area (Å²) >= 11 is 0. The highest BCUT2D eigenvalue weighted by Crippen LogP contribution is 2.34. The molecule has 0 spiro atoms. The van der Waals surface area contributed by atoms with E-state index < -0.39 is 0 Å². The molecule has 0 radical (unpaired) electrons. The molecule has 0 bridgehead atoms. The Bertz CT molecular complexity index is 593. The Labute approximate surface area is 114 Å². The molecule has 0 aliphatic carbocycles. The number of rotatable bonds is 2. The first kappa shape index (κ1) is 12.6. The molecule has 1 aliphatic rings. The van der Waals surface area contributed by atoms with Crippen LogP contribution in [0.25, 0.3) is 10.8 Å². The van der Waals surface area contributed by atoms with Gasteiger partial charge in [0.25, 0.3) is 0 Å². The van der Waals surface area contributed by atoms with Crippen LogP contribution in [-0.4, -0.2) is 12.7 Å². The molecule has 2 heteroatoms. The fourth-order valence-corrected chi connectivity index (χ4v) is 3.12. The highest BCUT2D eigenvalue weighted by atomic mass is 16.5. The molecule has 1 saturated heterocycles. The van der Waals surface area contributed by atoms with Gasteiger partial charge in [0.05, 0.1) is 12.7 Å². The molecule has 0 aromatic heterocycles. The van der Waals surface area contributed by atoms with Crippen molar-refractivity contribution in [1.82, 2.24) is 0 Å². The second kappa shape index (κ2) is 4.95. The Balaban J connectivity index is 2.03. The van der Waals surface area contributed by atoms with Crippen LogP contribution < -0.4 is 5.73 Å². The second-order valence-corrected chi connectivity index (χ2v) is 5.68. The highest BCUT2D eigenvalue weighted by molar-refractivity contribution is 5.88. The summed E-state index contributed by atoms with van der Waals surface area (Å²) in [6.45, 7) is 5.06. The largest absolute Gasteiger partial charge is 0.378 e. The maximum atomic E-state index is 6.50. The number of benzene rings is 2. The molecule has 2 aromatic carbocycles. The second-order valence-electron chi connectivity index (χ2n) is 5.68. The summed E-state index contributed by atoms with van der Waals surface area (Å²) in [4.78, 5) is 0. The maximum Gasteiger partial charge on any atom is 0.0551 e. The van der Waals surface area contributed by atoms with E-state index in [0.29, 0.717) is 12.0 Å². The minimum Gasteiger partial charge on any atom is -0.378 e. The Morgan fingerprint density at radius 2 is 1.89 bits per heavy atom. The van der Waals surface area contributed by atoms with Crippen molar-refractivity contribution >= 4 is 10.8 Å². The predicted molar refractivity (Wildman–Crippen MR) is 79.1 cm³/mol. The summed E-state index contributed by atoms with van der Waals surface area (Å²) in [7, 11) is 0. The molecule has 1 aliphatic heterocycles. The van der Waals surface area contributed by atoms with Crippen molar-refractivity contribution in [3.8, 4) is 0 Å². The van der Waals surface area contributed by atoms with Gasteiger partial charge in [0.1, 0.15) is 0 Å². The van der Waals surface area contributed by atoms with E-state index in [0.717, 1.165) is 13.0 Å². The van der Waals surface area contributed by atoms with Gasteiger partial charge in [-0.25, -0.2) is 0 Å². The average Bonchev–Trinajstić information content (AvgIpc) is 2.86. The Morgan fingerprint density at radius 1 is 1.16 bits per heavy atom. The molecule has 2 nitrogen and oxygen atoms in total. The molecule has 100 valence electrons. The maximum absolute atomic E-state index is 6.50. The molecular formula is C17H21NO. The standard InChI is InChI=1S/C17H21NO/c1-11-7-8-16(15-6-4-3-5-14(11)15)17(18)13-9-12(2)19-10-13/h3-8,12-13,17H,9-10,18H2,1-2H3. The van der Waals surface area contributed by atoms with Crippen LogP contribution in [0.1, 0.15) is 30.5 Å². The zero-order chi connectivity index (χ0) is 13.4. The van der Waals surface area contributed by atoms with Crippen LogP contribution in [0.5, 0.6) is 0 Å². The van der Waals surface area contributed by atoms with E-state index in [-0.39, 0.29) is 6.04 Å². The number of nitrogens with two attached hydrogens (primary N) is 1. The third-order valence-corrected chi connectivity index (χ3v) is 4.27. The van der Waals surface area contributed by atoms with Gasteiger partial charge in [-0.05, 0) is 42.2 Å². The van der Waals surface area contributed by atoms with Crippen LogP contribution >= 0.6 is 0 Å². The summed E-state index contributed by atoms with van der Waals surface area (Å²) in [5, 5.41) is 2.59. The third-order valence-electron chi connectivity index (χ3n) is 4.27. The van der Waals surface area contributed by atoms with Crippen LogP contribution in [-0.2, 0) is 4.74 Å². The monoisotopic (exact) mass is 255 g/mol. The normalized spacial score (nSPS) is 24.8. The van der Waals surface area contributed by atoms with E-state index in [9.17, 15) is 0 Å². The lowest BCUT2D eigenvalue weighted by molar-refractivity contribution is 0.118. The minimum atomic E-state index is 0.0652. The quantitative estimate of drug-likeness (QED) is 0.890. The summed E-state index contributed by atoms with van der Waals surface area (Å²) < 4.78 is 5.66. The molecule has 0 saturated carbocycles. The predicted octanol–water partition coefficient (Wildman–Crippen LogP) is 3.57. The zero-order valence-corrected chi connectivity index (χ0v) is 11.6. The lowest BCUT2D eigenvalue weighted by Crippen LogP contribution is -2.22. The van der Waals surface area contributed by atoms with Gasteiger partial charge in [-0.3, -0.25) is 0 Å². The highest BCUT2D eigenvalue weighted by Gasteiger charge is 2.29. The van der Waals surface area contributed by atoms with E-state index in [2.05, 4.69) is 50.2 Å². The van der Waals surface area contributed by atoms with E-state index in [1.165, 1.54) is 21.9 Å². The number of hydrogen-bond acceptors (Lipinski definition) is 2. The smallest absolute Gasteiger partial charge is 0.0551 e. The number of fused-ring (bicyclic) bond motifs is 1. The Morgan fingerprint density at radius 3 is 2.58 bits per heavy atom. The summed E-state index contributed by atoms with van der Waals surface area (Å²) in [5.41, 5.74) is 9.06. The molecule has 3 atom stereocenters. The molecule has 2 aromatic rings. The summed E-state index contributed by atoms with van der Waals surface area (Å²) in [5.74, 6) is 0.432. The van der Waals surface area contributed by atoms with Gasteiger partial charge in [0.15, 0.2) is 0 Å². The van der Waals surface area contributed by atoms with Crippen LogP contribution in [0.4, 0.5) is 0 Å². The van der Waals surface area contributed by atoms with E-state index >= 15 is 0 Å². The van der Waals surface area contributed by atoms with Gasteiger partial charge in [-0.2, -0.15) is 0 Å². The van der Waals surface area contributed by atoms with Gasteiger partial charge in [0.2, 0.25) is 0 Å². The van der Waals surface area contributed by atoms with Gasteiger partial charge >= 0.3 is 0 Å². The molecule has 19 heavy (non-hydrogen) atoms. The van der Waals surface area contributed by atoms with E-state index in [1.54, 1.807) is 0 Å². The van der Waals surface area contributed by atoms with Gasteiger partial charge in [0, 0.05) is 12.0 Å². The van der Waals surface area contributed by atoms with E-state index in [4.69, 9.17) is 10.5 Å². The van der Waals surface area contributed by atoms with Crippen LogP contribution in [0.2, 0.25) is 0 Å². The first-order valence-electron chi connectivity index (χ1n) is 7.02. The van der Waals surface area contributed by atoms with Crippen molar-refractivity contribution in [2.45, 2.75) is 32.4 Å². The Hall–Kier alpha value is -1.38. The molecule has 3 unspecified atom stereocenters. The zero-order valence-electron chi connectivity index (χ0n) is 11.6. The summed E-state index contributed by atoms with van der Waals surface area (Å²) in [6, 6.07) is 13.0. The van der Waals surface area contributed by atoms with Crippen molar-refractivity contribution < 1.29 is 4.74 Å². The topological polar surface area (TPSA) is 35.2 Å². The molecule has 3 rings (SSSR count). The van der Waals surface area contributed by atoms with Crippen LogP contribution in [0.3, 0.4) is 0 Å². The fraction of sp³-hybridized carbons (Fsp3) is 0.412. The van der Waals surface area contributed by atoms with Crippen molar-refractivity contribution in [1.29, 1.82) is 0 Å².